The van der Waals surface area contributed by atoms with Gasteiger partial charge in [-0.15, -0.1) is 0 Å². The van der Waals surface area contributed by atoms with Crippen LogP contribution in [0.4, 0.5) is 0 Å². The highest BCUT2D eigenvalue weighted by atomic mass is 79.9. The highest BCUT2D eigenvalue weighted by molar-refractivity contribution is 9.11. The van der Waals surface area contributed by atoms with Crippen molar-refractivity contribution in [3.05, 3.63) is 26.9 Å². The molecule has 0 saturated heterocycles. The molecule has 1 heterocycles. The van der Waals surface area contributed by atoms with Crippen LogP contribution in [0.1, 0.15) is 18.0 Å². The Morgan fingerprint density at radius 1 is 1.54 bits per heavy atom. The predicted octanol–water partition coefficient (Wildman–Crippen LogP) is 2.67. The van der Waals surface area contributed by atoms with Gasteiger partial charge in [0.2, 0.25) is 0 Å². The van der Waals surface area contributed by atoms with Crippen LogP contribution in [0.3, 0.4) is 0 Å². The zero-order valence-electron chi connectivity index (χ0n) is 7.00. The summed E-state index contributed by atoms with van der Waals surface area (Å²) in [6.07, 6.45) is 3.02. The third kappa shape index (κ3) is 1.95. The molecule has 2 unspecified atom stereocenters. The van der Waals surface area contributed by atoms with E-state index in [1.165, 1.54) is 6.42 Å². The molecule has 13 heavy (non-hydrogen) atoms. The van der Waals surface area contributed by atoms with E-state index in [1.807, 2.05) is 12.3 Å². The fraction of sp³-hybridized carbons (Fsp3) is 0.444. The third-order valence-electron chi connectivity index (χ3n) is 2.41. The number of pyridine rings is 1. The highest BCUT2D eigenvalue weighted by Crippen LogP contribution is 2.48. The zero-order valence-corrected chi connectivity index (χ0v) is 10.2. The van der Waals surface area contributed by atoms with E-state index in [4.69, 9.17) is 5.73 Å². The largest absolute Gasteiger partial charge is 0.330 e. The molecule has 1 aromatic heterocycles. The van der Waals surface area contributed by atoms with Crippen molar-refractivity contribution in [3.63, 3.8) is 0 Å². The van der Waals surface area contributed by atoms with E-state index in [1.54, 1.807) is 0 Å². The second-order valence-corrected chi connectivity index (χ2v) is 5.13. The minimum Gasteiger partial charge on any atom is -0.330 e. The summed E-state index contributed by atoms with van der Waals surface area (Å²) in [6, 6.07) is 2.04. The average Bonchev–Trinajstić information content (AvgIpc) is 2.83. The van der Waals surface area contributed by atoms with Crippen LogP contribution >= 0.6 is 31.9 Å². The lowest BCUT2D eigenvalue weighted by Crippen LogP contribution is -2.02. The summed E-state index contributed by atoms with van der Waals surface area (Å²) in [5.41, 5.74) is 6.74. The third-order valence-corrected chi connectivity index (χ3v) is 3.48. The Balaban J connectivity index is 2.22. The van der Waals surface area contributed by atoms with Crippen LogP contribution < -0.4 is 5.73 Å². The van der Waals surface area contributed by atoms with Gasteiger partial charge in [-0.3, -0.25) is 4.98 Å². The summed E-state index contributed by atoms with van der Waals surface area (Å²) in [6.45, 7) is 0.773. The van der Waals surface area contributed by atoms with E-state index in [0.717, 1.165) is 21.2 Å². The van der Waals surface area contributed by atoms with Gasteiger partial charge in [0.25, 0.3) is 0 Å². The summed E-state index contributed by atoms with van der Waals surface area (Å²) < 4.78 is 2.09. The van der Waals surface area contributed by atoms with Gasteiger partial charge in [0.1, 0.15) is 0 Å². The average molecular weight is 306 g/mol. The van der Waals surface area contributed by atoms with Crippen LogP contribution in [0.25, 0.3) is 0 Å². The molecule has 1 fully saturated rings. The number of nitrogens with two attached hydrogens (primary N) is 1. The maximum atomic E-state index is 5.59. The molecule has 2 nitrogen and oxygen atoms in total. The van der Waals surface area contributed by atoms with Crippen molar-refractivity contribution in [2.24, 2.45) is 11.7 Å². The highest BCUT2D eigenvalue weighted by Gasteiger charge is 2.39. The van der Waals surface area contributed by atoms with E-state index in [-0.39, 0.29) is 0 Å². The second-order valence-electron chi connectivity index (χ2n) is 3.36. The second kappa shape index (κ2) is 3.67. The van der Waals surface area contributed by atoms with Crippen LogP contribution in [-0.4, -0.2) is 11.5 Å². The van der Waals surface area contributed by atoms with Gasteiger partial charge in [-0.25, -0.2) is 0 Å². The molecule has 0 bridgehead atoms. The predicted molar refractivity (Wildman–Crippen MR) is 59.5 cm³/mol. The van der Waals surface area contributed by atoms with Crippen LogP contribution in [0, 0.1) is 5.92 Å². The van der Waals surface area contributed by atoms with Gasteiger partial charge in [0.05, 0.1) is 5.69 Å². The van der Waals surface area contributed by atoms with Crippen molar-refractivity contribution < 1.29 is 0 Å². The van der Waals surface area contributed by atoms with Crippen LogP contribution in [0.15, 0.2) is 21.2 Å². The molecule has 1 aliphatic rings. The molecule has 4 heteroatoms. The Hall–Kier alpha value is 0.0700. The Bertz CT molecular complexity index is 327. The lowest BCUT2D eigenvalue weighted by molar-refractivity contribution is 0.794. The first-order chi connectivity index (χ1) is 6.22. The van der Waals surface area contributed by atoms with Gasteiger partial charge in [-0.1, -0.05) is 0 Å². The molecule has 0 amide bonds. The van der Waals surface area contributed by atoms with E-state index < -0.39 is 0 Å². The van der Waals surface area contributed by atoms with Crippen LogP contribution in [0.5, 0.6) is 0 Å². The van der Waals surface area contributed by atoms with E-state index in [9.17, 15) is 0 Å². The molecule has 2 N–H and O–H groups in total. The van der Waals surface area contributed by atoms with Gasteiger partial charge in [-0.2, -0.15) is 0 Å². The van der Waals surface area contributed by atoms with Gasteiger partial charge >= 0.3 is 0 Å². The van der Waals surface area contributed by atoms with Gasteiger partial charge in [-0.05, 0) is 56.8 Å². The Labute approximate surface area is 94.2 Å². The zero-order chi connectivity index (χ0) is 9.42. The van der Waals surface area contributed by atoms with Crippen molar-refractivity contribution in [1.29, 1.82) is 0 Å². The Morgan fingerprint density at radius 2 is 2.31 bits per heavy atom. The minimum atomic E-state index is 0.576. The number of aromatic nitrogens is 1. The number of hydrogen-bond acceptors (Lipinski definition) is 2. The first kappa shape index (κ1) is 9.62. The molecule has 1 saturated carbocycles. The van der Waals surface area contributed by atoms with E-state index in [0.29, 0.717) is 11.8 Å². The summed E-state index contributed by atoms with van der Waals surface area (Å²) in [4.78, 5) is 4.39. The first-order valence-electron chi connectivity index (χ1n) is 4.23. The smallest absolute Gasteiger partial charge is 0.0580 e. The molecular weight excluding hydrogens is 296 g/mol. The van der Waals surface area contributed by atoms with Crippen LogP contribution in [0.2, 0.25) is 0 Å². The SMILES string of the molecule is NCC1CC1c1ncc(Br)cc1Br. The maximum absolute atomic E-state index is 5.59. The minimum absolute atomic E-state index is 0.576. The Kier molecular flexibility index (Phi) is 2.72. The normalized spacial score (nSPS) is 26.1. The van der Waals surface area contributed by atoms with Crippen LogP contribution in [-0.2, 0) is 0 Å². The Morgan fingerprint density at radius 3 is 2.85 bits per heavy atom. The topological polar surface area (TPSA) is 38.9 Å². The number of rotatable bonds is 2. The fourth-order valence-corrected chi connectivity index (χ4v) is 2.82. The van der Waals surface area contributed by atoms with E-state index >= 15 is 0 Å². The number of hydrogen-bond donors (Lipinski definition) is 1. The van der Waals surface area contributed by atoms with Gasteiger partial charge in [0, 0.05) is 21.1 Å². The molecule has 1 aliphatic carbocycles. The molecule has 70 valence electrons. The molecule has 2 atom stereocenters. The fourth-order valence-electron chi connectivity index (χ4n) is 1.54. The van der Waals surface area contributed by atoms with Crippen molar-refractivity contribution in [2.75, 3.05) is 6.54 Å². The quantitative estimate of drug-likeness (QED) is 0.912. The summed E-state index contributed by atoms with van der Waals surface area (Å²) in [5, 5.41) is 0. The van der Waals surface area contributed by atoms with Crippen molar-refractivity contribution in [2.45, 2.75) is 12.3 Å². The standard InChI is InChI=1S/C9H10Br2N2/c10-6-2-8(11)9(13-4-6)7-1-5(7)3-12/h2,4-5,7H,1,3,12H2. The lowest BCUT2D eigenvalue weighted by Gasteiger charge is -2.02. The molecule has 0 aromatic carbocycles. The molecule has 0 spiro atoms. The lowest BCUT2D eigenvalue weighted by atomic mass is 10.2. The van der Waals surface area contributed by atoms with Crippen molar-refractivity contribution >= 4 is 31.9 Å². The molecule has 1 aromatic rings. The number of nitrogens with zero attached hydrogens (tertiary/aromatic N) is 1. The number of halogens is 2. The van der Waals surface area contributed by atoms with Gasteiger partial charge < -0.3 is 5.73 Å². The summed E-state index contributed by atoms with van der Waals surface area (Å²) in [7, 11) is 0. The molecular formula is C9H10Br2N2. The van der Waals surface area contributed by atoms with E-state index in [2.05, 4.69) is 36.8 Å². The van der Waals surface area contributed by atoms with Gasteiger partial charge in [0.15, 0.2) is 0 Å². The van der Waals surface area contributed by atoms with Crippen molar-refractivity contribution in [1.82, 2.24) is 4.98 Å². The maximum Gasteiger partial charge on any atom is 0.0580 e. The molecule has 0 radical (unpaired) electrons. The molecule has 0 aliphatic heterocycles. The van der Waals surface area contributed by atoms with Crippen molar-refractivity contribution in [3.8, 4) is 0 Å². The molecule has 2 rings (SSSR count). The summed E-state index contributed by atoms with van der Waals surface area (Å²) in [5.74, 6) is 1.22. The monoisotopic (exact) mass is 304 g/mol. The first-order valence-corrected chi connectivity index (χ1v) is 5.82. The summed E-state index contributed by atoms with van der Waals surface area (Å²) >= 11 is 6.89.